The number of methoxy groups -OCH3 is 1. The van der Waals surface area contributed by atoms with Crippen molar-refractivity contribution in [3.8, 4) is 5.75 Å². The van der Waals surface area contributed by atoms with Gasteiger partial charge in [0.1, 0.15) is 12.6 Å². The van der Waals surface area contributed by atoms with Crippen molar-refractivity contribution in [1.29, 1.82) is 0 Å². The van der Waals surface area contributed by atoms with Crippen molar-refractivity contribution >= 4 is 12.4 Å². The largest absolute Gasteiger partial charge is 0.494 e. The number of rotatable bonds is 5. The average Bonchev–Trinajstić information content (AvgIpc) is 2.48. The Labute approximate surface area is 133 Å². The number of nitrogens with zero attached hydrogens (tertiary/aromatic N) is 1. The summed E-state index contributed by atoms with van der Waals surface area (Å²) in [7, 11) is 1.31. The number of aliphatic hydroxyl groups excluding tert-OH is 1. The topological polar surface area (TPSA) is 44.7 Å². The van der Waals surface area contributed by atoms with E-state index in [0.717, 1.165) is 6.07 Å². The summed E-state index contributed by atoms with van der Waals surface area (Å²) in [6, 6.07) is 2.44. The standard InChI is InChI=1S/C14H19F3N2O2.ClH/c1-21-12-3-2-10(8-11(12)15)13(14(16,17)9-20)19-6-4-18-5-7-19;/h2-3,8,13,18,20H,4-7,9H2,1H3;1H/t13-;/m1./s1. The lowest BCUT2D eigenvalue weighted by Crippen LogP contribution is -2.51. The molecule has 0 aliphatic carbocycles. The van der Waals surface area contributed by atoms with Crippen molar-refractivity contribution in [2.75, 3.05) is 39.9 Å². The van der Waals surface area contributed by atoms with Crippen molar-refractivity contribution in [2.45, 2.75) is 12.0 Å². The van der Waals surface area contributed by atoms with Gasteiger partial charge in [-0.2, -0.15) is 0 Å². The van der Waals surface area contributed by atoms with Crippen LogP contribution in [-0.2, 0) is 0 Å². The fourth-order valence-corrected chi connectivity index (χ4v) is 2.60. The number of aliphatic hydroxyl groups is 1. The first kappa shape index (κ1) is 19.0. The minimum atomic E-state index is -3.35. The normalized spacial score (nSPS) is 17.7. The Morgan fingerprint density at radius 2 is 2.00 bits per heavy atom. The number of hydrogen-bond acceptors (Lipinski definition) is 4. The first-order chi connectivity index (χ1) is 9.99. The molecule has 1 atom stereocenters. The molecule has 0 spiro atoms. The molecule has 1 aliphatic rings. The van der Waals surface area contributed by atoms with Gasteiger partial charge in [0.25, 0.3) is 5.92 Å². The van der Waals surface area contributed by atoms with Gasteiger partial charge in [-0.25, -0.2) is 13.2 Å². The molecule has 4 nitrogen and oxygen atoms in total. The summed E-state index contributed by atoms with van der Waals surface area (Å²) < 4.78 is 46.9. The fraction of sp³-hybridized carbons (Fsp3) is 0.571. The van der Waals surface area contributed by atoms with Crippen molar-refractivity contribution in [1.82, 2.24) is 10.2 Å². The molecule has 0 bridgehead atoms. The summed E-state index contributed by atoms with van der Waals surface area (Å²) in [5.74, 6) is -4.03. The van der Waals surface area contributed by atoms with Gasteiger partial charge in [-0.1, -0.05) is 6.07 Å². The van der Waals surface area contributed by atoms with Crippen LogP contribution < -0.4 is 10.1 Å². The second-order valence-electron chi connectivity index (χ2n) is 5.00. The predicted octanol–water partition coefficient (Wildman–Crippen LogP) is 1.83. The van der Waals surface area contributed by atoms with Crippen LogP contribution in [-0.4, -0.2) is 55.8 Å². The molecule has 1 aromatic rings. The summed E-state index contributed by atoms with van der Waals surface area (Å²) in [6.07, 6.45) is 0. The van der Waals surface area contributed by atoms with Crippen molar-refractivity contribution in [3.05, 3.63) is 29.6 Å². The molecule has 126 valence electrons. The maximum Gasteiger partial charge on any atom is 0.289 e. The molecule has 1 heterocycles. The van der Waals surface area contributed by atoms with E-state index in [1.54, 1.807) is 4.90 Å². The molecule has 1 aliphatic heterocycles. The zero-order valence-electron chi connectivity index (χ0n) is 12.2. The number of benzene rings is 1. The van der Waals surface area contributed by atoms with E-state index in [2.05, 4.69) is 5.32 Å². The molecule has 1 fully saturated rings. The van der Waals surface area contributed by atoms with Gasteiger partial charge in [0.15, 0.2) is 11.6 Å². The number of piperazine rings is 1. The lowest BCUT2D eigenvalue weighted by molar-refractivity contribution is -0.118. The SMILES string of the molecule is COc1ccc([C@@H](N2CCNCC2)C(F)(F)CO)cc1F.Cl. The summed E-state index contributed by atoms with van der Waals surface area (Å²) in [5, 5.41) is 12.1. The van der Waals surface area contributed by atoms with Crippen LogP contribution in [0.15, 0.2) is 18.2 Å². The highest BCUT2D eigenvalue weighted by Gasteiger charge is 2.44. The fourth-order valence-electron chi connectivity index (χ4n) is 2.60. The summed E-state index contributed by atoms with van der Waals surface area (Å²) in [6.45, 7) is 0.699. The zero-order valence-corrected chi connectivity index (χ0v) is 13.0. The highest BCUT2D eigenvalue weighted by molar-refractivity contribution is 5.85. The smallest absolute Gasteiger partial charge is 0.289 e. The molecule has 0 radical (unpaired) electrons. The maximum absolute atomic E-state index is 14.1. The quantitative estimate of drug-likeness (QED) is 0.858. The third-order valence-electron chi connectivity index (χ3n) is 3.62. The first-order valence-electron chi connectivity index (χ1n) is 6.76. The molecule has 0 unspecified atom stereocenters. The highest BCUT2D eigenvalue weighted by Crippen LogP contribution is 2.37. The van der Waals surface area contributed by atoms with Crippen molar-refractivity contribution < 1.29 is 23.0 Å². The van der Waals surface area contributed by atoms with E-state index in [-0.39, 0.29) is 23.7 Å². The van der Waals surface area contributed by atoms with Crippen LogP contribution in [0.4, 0.5) is 13.2 Å². The van der Waals surface area contributed by atoms with E-state index >= 15 is 0 Å². The van der Waals surface area contributed by atoms with Crippen molar-refractivity contribution in [3.63, 3.8) is 0 Å². The Balaban J connectivity index is 0.00000242. The first-order valence-corrected chi connectivity index (χ1v) is 6.76. The molecular formula is C14H20ClF3N2O2. The van der Waals surface area contributed by atoms with Gasteiger partial charge in [-0.15, -0.1) is 12.4 Å². The summed E-state index contributed by atoms with van der Waals surface area (Å²) >= 11 is 0. The third-order valence-corrected chi connectivity index (χ3v) is 3.62. The van der Waals surface area contributed by atoms with E-state index in [1.807, 2.05) is 0 Å². The van der Waals surface area contributed by atoms with Gasteiger partial charge in [0.2, 0.25) is 0 Å². The molecule has 1 aromatic carbocycles. The van der Waals surface area contributed by atoms with Gasteiger partial charge in [-0.3, -0.25) is 4.90 Å². The molecule has 1 saturated heterocycles. The minimum Gasteiger partial charge on any atom is -0.494 e. The van der Waals surface area contributed by atoms with Crippen molar-refractivity contribution in [2.24, 2.45) is 0 Å². The van der Waals surface area contributed by atoms with Crippen LogP contribution in [0, 0.1) is 5.82 Å². The number of ether oxygens (including phenoxy) is 1. The molecule has 22 heavy (non-hydrogen) atoms. The number of alkyl halides is 2. The van der Waals surface area contributed by atoms with Gasteiger partial charge in [0.05, 0.1) is 7.11 Å². The second-order valence-corrected chi connectivity index (χ2v) is 5.00. The van der Waals surface area contributed by atoms with E-state index in [1.165, 1.54) is 19.2 Å². The van der Waals surface area contributed by atoms with Gasteiger partial charge < -0.3 is 15.2 Å². The van der Waals surface area contributed by atoms with Gasteiger partial charge in [0, 0.05) is 26.2 Å². The predicted molar refractivity (Wildman–Crippen MR) is 79.4 cm³/mol. The van der Waals surface area contributed by atoms with Crippen LogP contribution >= 0.6 is 12.4 Å². The van der Waals surface area contributed by atoms with Crippen LogP contribution in [0.25, 0.3) is 0 Å². The van der Waals surface area contributed by atoms with E-state index in [9.17, 15) is 13.2 Å². The highest BCUT2D eigenvalue weighted by atomic mass is 35.5. The summed E-state index contributed by atoms with van der Waals surface area (Å²) in [5.41, 5.74) is 0.134. The number of halogens is 4. The van der Waals surface area contributed by atoms with Gasteiger partial charge in [-0.05, 0) is 17.7 Å². The summed E-state index contributed by atoms with van der Waals surface area (Å²) in [4.78, 5) is 1.56. The molecular weight excluding hydrogens is 321 g/mol. The molecule has 2 rings (SSSR count). The monoisotopic (exact) mass is 340 g/mol. The minimum absolute atomic E-state index is 0. The van der Waals surface area contributed by atoms with E-state index in [4.69, 9.17) is 9.84 Å². The van der Waals surface area contributed by atoms with Crippen LogP contribution in [0.2, 0.25) is 0 Å². The van der Waals surface area contributed by atoms with E-state index in [0.29, 0.717) is 26.2 Å². The Morgan fingerprint density at radius 1 is 1.36 bits per heavy atom. The lowest BCUT2D eigenvalue weighted by Gasteiger charge is -2.38. The Hall–Kier alpha value is -1.02. The number of nitrogens with one attached hydrogen (secondary N) is 1. The third kappa shape index (κ3) is 4.04. The van der Waals surface area contributed by atoms with Crippen LogP contribution in [0.5, 0.6) is 5.75 Å². The second kappa shape index (κ2) is 8.01. The Bertz CT molecular complexity index is 485. The molecule has 2 N–H and O–H groups in total. The molecule has 0 amide bonds. The maximum atomic E-state index is 14.1. The van der Waals surface area contributed by atoms with Gasteiger partial charge >= 0.3 is 0 Å². The Kier molecular flexibility index (Phi) is 6.93. The number of hydrogen-bond donors (Lipinski definition) is 2. The van der Waals surface area contributed by atoms with Crippen LogP contribution in [0.3, 0.4) is 0 Å². The van der Waals surface area contributed by atoms with Crippen LogP contribution in [0.1, 0.15) is 11.6 Å². The zero-order chi connectivity index (χ0) is 15.5. The molecule has 0 aromatic heterocycles. The lowest BCUT2D eigenvalue weighted by atomic mass is 9.98. The Morgan fingerprint density at radius 3 is 2.50 bits per heavy atom. The molecule has 8 heteroatoms. The molecule has 0 saturated carbocycles. The average molecular weight is 341 g/mol. The van der Waals surface area contributed by atoms with E-state index < -0.39 is 24.4 Å².